The normalized spacial score (nSPS) is 12.4. The lowest BCUT2D eigenvalue weighted by molar-refractivity contribution is -0.142. The van der Waals surface area contributed by atoms with Crippen LogP contribution in [0.3, 0.4) is 0 Å². The fourth-order valence-electron chi connectivity index (χ4n) is 2.23. The Balaban J connectivity index is 2.23. The summed E-state index contributed by atoms with van der Waals surface area (Å²) in [6.45, 7) is 3.52. The van der Waals surface area contributed by atoms with E-state index in [9.17, 15) is 13.2 Å². The van der Waals surface area contributed by atoms with E-state index in [2.05, 4.69) is 16.0 Å². The molecule has 0 aliphatic rings. The van der Waals surface area contributed by atoms with Crippen LogP contribution in [0.25, 0.3) is 11.1 Å². The topological polar surface area (TPSA) is 72.5 Å². The van der Waals surface area contributed by atoms with Crippen molar-refractivity contribution in [2.75, 3.05) is 7.11 Å². The molecule has 1 atom stereocenters. The molecule has 1 unspecified atom stereocenters. The van der Waals surface area contributed by atoms with Gasteiger partial charge in [0.15, 0.2) is 0 Å². The first-order valence-corrected chi connectivity index (χ1v) is 9.30. The summed E-state index contributed by atoms with van der Waals surface area (Å²) >= 11 is 5.86. The lowest BCUT2D eigenvalue weighted by Crippen LogP contribution is -2.41. The molecule has 0 fully saturated rings. The number of benzene rings is 2. The van der Waals surface area contributed by atoms with Gasteiger partial charge in [-0.3, -0.25) is 4.79 Å². The Labute approximate surface area is 152 Å². The molecule has 2 rings (SSSR count). The van der Waals surface area contributed by atoms with Crippen LogP contribution in [0.1, 0.15) is 6.42 Å². The third-order valence-electron chi connectivity index (χ3n) is 3.53. The molecule has 0 heterocycles. The van der Waals surface area contributed by atoms with Gasteiger partial charge < -0.3 is 4.74 Å². The van der Waals surface area contributed by atoms with Gasteiger partial charge in [-0.05, 0) is 41.8 Å². The minimum atomic E-state index is -3.86. The second-order valence-electron chi connectivity index (χ2n) is 5.25. The first kappa shape index (κ1) is 19.2. The highest BCUT2D eigenvalue weighted by Crippen LogP contribution is 2.23. The molecular weight excluding hydrogens is 362 g/mol. The fraction of sp³-hybridized carbons (Fsp3) is 0.167. The van der Waals surface area contributed by atoms with E-state index in [1.165, 1.54) is 25.3 Å². The van der Waals surface area contributed by atoms with E-state index in [4.69, 9.17) is 11.6 Å². The van der Waals surface area contributed by atoms with Crippen molar-refractivity contribution in [2.45, 2.75) is 17.4 Å². The summed E-state index contributed by atoms with van der Waals surface area (Å²) < 4.78 is 31.9. The van der Waals surface area contributed by atoms with Gasteiger partial charge in [-0.15, -0.1) is 6.58 Å². The van der Waals surface area contributed by atoms with Crippen LogP contribution in [0.5, 0.6) is 0 Å². The van der Waals surface area contributed by atoms with E-state index in [0.29, 0.717) is 5.02 Å². The van der Waals surface area contributed by atoms with E-state index in [1.807, 2.05) is 12.1 Å². The Kier molecular flexibility index (Phi) is 6.36. The maximum absolute atomic E-state index is 12.5. The van der Waals surface area contributed by atoms with Gasteiger partial charge in [0.05, 0.1) is 12.0 Å². The highest BCUT2D eigenvalue weighted by Gasteiger charge is 2.25. The molecule has 0 saturated carbocycles. The quantitative estimate of drug-likeness (QED) is 0.591. The highest BCUT2D eigenvalue weighted by molar-refractivity contribution is 7.89. The summed E-state index contributed by atoms with van der Waals surface area (Å²) in [5, 5.41) is 0.628. The minimum absolute atomic E-state index is 0.0585. The molecule has 2 aromatic carbocycles. The Hall–Kier alpha value is -2.15. The second kappa shape index (κ2) is 8.29. The predicted octanol–water partition coefficient (Wildman–Crippen LogP) is 3.40. The molecular formula is C18H18ClNO4S. The molecule has 0 aromatic heterocycles. The average molecular weight is 380 g/mol. The largest absolute Gasteiger partial charge is 0.468 e. The molecule has 0 saturated heterocycles. The number of carbonyl (C=O) groups is 1. The number of hydrogen-bond acceptors (Lipinski definition) is 4. The van der Waals surface area contributed by atoms with E-state index >= 15 is 0 Å². The van der Waals surface area contributed by atoms with Crippen LogP contribution in [-0.2, 0) is 19.6 Å². The van der Waals surface area contributed by atoms with E-state index < -0.39 is 22.0 Å². The lowest BCUT2D eigenvalue weighted by Gasteiger charge is -2.15. The Bertz CT molecular complexity index is 846. The molecule has 0 aliphatic carbocycles. The predicted molar refractivity (Wildman–Crippen MR) is 97.8 cm³/mol. The Morgan fingerprint density at radius 1 is 1.16 bits per heavy atom. The molecule has 0 bridgehead atoms. The van der Waals surface area contributed by atoms with Crippen LogP contribution in [0.15, 0.2) is 66.1 Å². The Morgan fingerprint density at radius 2 is 1.68 bits per heavy atom. The van der Waals surface area contributed by atoms with Gasteiger partial charge in [-0.25, -0.2) is 8.42 Å². The molecule has 7 heteroatoms. The van der Waals surface area contributed by atoms with Gasteiger partial charge in [0.25, 0.3) is 0 Å². The first-order chi connectivity index (χ1) is 11.9. The fourth-order valence-corrected chi connectivity index (χ4v) is 3.55. The number of nitrogens with one attached hydrogen (secondary N) is 1. The van der Waals surface area contributed by atoms with Crippen LogP contribution < -0.4 is 4.72 Å². The maximum Gasteiger partial charge on any atom is 0.324 e. The van der Waals surface area contributed by atoms with E-state index in [0.717, 1.165) is 11.1 Å². The number of methoxy groups -OCH3 is 1. The van der Waals surface area contributed by atoms with Crippen molar-refractivity contribution in [1.29, 1.82) is 0 Å². The summed E-state index contributed by atoms with van der Waals surface area (Å²) in [6.07, 6.45) is 1.59. The summed E-state index contributed by atoms with van der Waals surface area (Å²) in [4.78, 5) is 11.7. The highest BCUT2D eigenvalue weighted by atomic mass is 35.5. The van der Waals surface area contributed by atoms with Crippen molar-refractivity contribution in [3.8, 4) is 11.1 Å². The molecule has 0 aliphatic heterocycles. The lowest BCUT2D eigenvalue weighted by atomic mass is 10.1. The van der Waals surface area contributed by atoms with E-state index in [-0.39, 0.29) is 11.3 Å². The maximum atomic E-state index is 12.5. The van der Waals surface area contributed by atoms with Crippen molar-refractivity contribution in [3.05, 3.63) is 66.2 Å². The SMILES string of the molecule is C=CCC(NS(=O)(=O)c1ccc(-c2ccc(Cl)cc2)cc1)C(=O)OC. The number of ether oxygens (including phenoxy) is 1. The molecule has 2 aromatic rings. The zero-order valence-corrected chi connectivity index (χ0v) is 15.2. The molecule has 0 spiro atoms. The zero-order chi connectivity index (χ0) is 18.4. The molecule has 0 amide bonds. The number of carbonyl (C=O) groups excluding carboxylic acids is 1. The Morgan fingerprint density at radius 3 is 2.16 bits per heavy atom. The van der Waals surface area contributed by atoms with Crippen LogP contribution in [0.4, 0.5) is 0 Å². The van der Waals surface area contributed by atoms with Crippen molar-refractivity contribution in [2.24, 2.45) is 0 Å². The van der Waals surface area contributed by atoms with Gasteiger partial charge in [-0.2, -0.15) is 4.72 Å². The summed E-state index contributed by atoms with van der Waals surface area (Å²) in [5.41, 5.74) is 1.77. The van der Waals surface area contributed by atoms with Gasteiger partial charge in [0, 0.05) is 5.02 Å². The van der Waals surface area contributed by atoms with Gasteiger partial charge in [0.2, 0.25) is 10.0 Å². The average Bonchev–Trinajstić information content (AvgIpc) is 2.61. The monoisotopic (exact) mass is 379 g/mol. The van der Waals surface area contributed by atoms with Crippen molar-refractivity contribution < 1.29 is 17.9 Å². The summed E-state index contributed by atoms with van der Waals surface area (Å²) in [7, 11) is -2.66. The second-order valence-corrected chi connectivity index (χ2v) is 7.40. The van der Waals surface area contributed by atoms with Crippen molar-refractivity contribution >= 4 is 27.6 Å². The van der Waals surface area contributed by atoms with Crippen molar-refractivity contribution in [3.63, 3.8) is 0 Å². The number of sulfonamides is 1. The van der Waals surface area contributed by atoms with Crippen LogP contribution >= 0.6 is 11.6 Å². The number of halogens is 1. The molecule has 0 radical (unpaired) electrons. The minimum Gasteiger partial charge on any atom is -0.468 e. The van der Waals surface area contributed by atoms with Gasteiger partial charge >= 0.3 is 5.97 Å². The van der Waals surface area contributed by atoms with Gasteiger partial charge in [0.1, 0.15) is 6.04 Å². The summed E-state index contributed by atoms with van der Waals surface area (Å²) in [5.74, 6) is -0.666. The van der Waals surface area contributed by atoms with Crippen LogP contribution in [0, 0.1) is 0 Å². The molecule has 1 N–H and O–H groups in total. The molecule has 5 nitrogen and oxygen atoms in total. The third kappa shape index (κ3) is 4.92. The number of esters is 1. The third-order valence-corrected chi connectivity index (χ3v) is 5.27. The number of rotatable bonds is 7. The number of hydrogen-bond donors (Lipinski definition) is 1. The van der Waals surface area contributed by atoms with Gasteiger partial charge in [-0.1, -0.05) is 41.9 Å². The van der Waals surface area contributed by atoms with Crippen molar-refractivity contribution in [1.82, 2.24) is 4.72 Å². The van der Waals surface area contributed by atoms with Crippen LogP contribution in [-0.4, -0.2) is 27.5 Å². The van der Waals surface area contributed by atoms with E-state index in [1.54, 1.807) is 24.3 Å². The van der Waals surface area contributed by atoms with Crippen LogP contribution in [0.2, 0.25) is 5.02 Å². The standard InChI is InChI=1S/C18H18ClNO4S/c1-3-4-17(18(21)24-2)20-25(22,23)16-11-7-14(8-12-16)13-5-9-15(19)10-6-13/h3,5-12,17,20H,1,4H2,2H3. The zero-order valence-electron chi connectivity index (χ0n) is 13.6. The smallest absolute Gasteiger partial charge is 0.324 e. The summed E-state index contributed by atoms with van der Waals surface area (Å²) in [6, 6.07) is 12.6. The molecule has 132 valence electrons. The first-order valence-electron chi connectivity index (χ1n) is 7.44. The molecule has 25 heavy (non-hydrogen) atoms.